The van der Waals surface area contributed by atoms with E-state index in [1.807, 2.05) is 6.92 Å². The molecule has 2 aromatic carbocycles. The van der Waals surface area contributed by atoms with Crippen LogP contribution < -0.4 is 20.8 Å². The van der Waals surface area contributed by atoms with Gasteiger partial charge in [-0.15, -0.1) is 0 Å². The van der Waals surface area contributed by atoms with Crippen LogP contribution in [0.3, 0.4) is 0 Å². The average molecular weight is 464 g/mol. The molecule has 0 aliphatic rings. The highest BCUT2D eigenvalue weighted by Gasteiger charge is 2.33. The highest BCUT2D eigenvalue weighted by molar-refractivity contribution is 6.35. The summed E-state index contributed by atoms with van der Waals surface area (Å²) in [4.78, 5) is 35.6. The number of rotatable bonds is 8. The number of amides is 3. The van der Waals surface area contributed by atoms with Gasteiger partial charge in [0.1, 0.15) is 5.75 Å². The number of ether oxygens (including phenoxy) is 1. The average Bonchev–Trinajstić information content (AvgIpc) is 2.77. The summed E-state index contributed by atoms with van der Waals surface area (Å²) in [5.41, 5.74) is 1.09. The number of carbonyl (C=O) groups excluding carboxylic acids is 3. The number of nitrogens with one attached hydrogen (secondary N) is 3. The number of carbonyl (C=O) groups is 3. The molecule has 0 radical (unpaired) electrons. The first-order valence-electron chi connectivity index (χ1n) is 9.93. The Hall–Kier alpha value is -3.89. The predicted molar refractivity (Wildman–Crippen MR) is 116 cm³/mol. The molecule has 0 heterocycles. The summed E-state index contributed by atoms with van der Waals surface area (Å²) in [7, 11) is 0. The molecule has 33 heavy (non-hydrogen) atoms. The van der Waals surface area contributed by atoms with Crippen LogP contribution in [0.5, 0.6) is 5.75 Å². The number of halogens is 3. The topological polar surface area (TPSA) is 109 Å². The molecule has 0 saturated heterocycles. The van der Waals surface area contributed by atoms with Gasteiger partial charge in [-0.3, -0.25) is 14.4 Å². The van der Waals surface area contributed by atoms with Crippen LogP contribution in [0, 0.1) is 0 Å². The van der Waals surface area contributed by atoms with Gasteiger partial charge in [0, 0.05) is 11.6 Å². The maximum absolute atomic E-state index is 13.1. The molecule has 0 fully saturated rings. The maximum atomic E-state index is 13.1. The molecule has 0 aliphatic carbocycles. The summed E-state index contributed by atoms with van der Waals surface area (Å²) in [6, 6.07) is 10.8. The number of hydrogen-bond acceptors (Lipinski definition) is 5. The molecule has 0 unspecified atom stereocenters. The second-order valence-electron chi connectivity index (χ2n) is 6.90. The molecule has 0 aliphatic heterocycles. The molecule has 8 nitrogen and oxygen atoms in total. The summed E-state index contributed by atoms with van der Waals surface area (Å²) in [5.74, 6) is -2.39. The zero-order chi connectivity index (χ0) is 24.4. The minimum absolute atomic E-state index is 0.171. The Morgan fingerprint density at radius 1 is 1.06 bits per heavy atom. The van der Waals surface area contributed by atoms with Gasteiger partial charge in [0.2, 0.25) is 0 Å². The SMILES string of the molecule is CC[C@H](C)NC(=O)C(=O)N/N=C\c1ccccc1OCC(=O)Nc1ccccc1C(F)(F)F. The number of para-hydroxylation sites is 2. The number of nitrogens with zero attached hydrogens (tertiary/aromatic N) is 1. The lowest BCUT2D eigenvalue weighted by Crippen LogP contribution is -2.41. The van der Waals surface area contributed by atoms with Crippen LogP contribution in [0.15, 0.2) is 53.6 Å². The van der Waals surface area contributed by atoms with Gasteiger partial charge in [-0.2, -0.15) is 18.3 Å². The quantitative estimate of drug-likeness (QED) is 0.317. The van der Waals surface area contributed by atoms with Gasteiger partial charge in [-0.1, -0.05) is 31.2 Å². The Bertz CT molecular complexity index is 1020. The Morgan fingerprint density at radius 3 is 2.42 bits per heavy atom. The molecule has 2 aromatic rings. The van der Waals surface area contributed by atoms with Crippen molar-refractivity contribution in [3.63, 3.8) is 0 Å². The zero-order valence-electron chi connectivity index (χ0n) is 17.9. The standard InChI is InChI=1S/C22H23F3N4O4/c1-3-14(2)27-20(31)21(32)29-26-12-15-8-4-7-11-18(15)33-13-19(30)28-17-10-6-5-9-16(17)22(23,24)25/h4-12,14H,3,13H2,1-2H3,(H,27,31)(H,28,30)(H,29,32)/b26-12-/t14-/m0/s1. The fourth-order valence-corrected chi connectivity index (χ4v) is 2.49. The van der Waals surface area contributed by atoms with Crippen LogP contribution in [-0.4, -0.2) is 36.6 Å². The van der Waals surface area contributed by atoms with Gasteiger partial charge in [0.05, 0.1) is 17.5 Å². The molecular weight excluding hydrogens is 441 g/mol. The normalized spacial score (nSPS) is 12.2. The van der Waals surface area contributed by atoms with Crippen molar-refractivity contribution in [1.29, 1.82) is 0 Å². The zero-order valence-corrected chi connectivity index (χ0v) is 17.9. The van der Waals surface area contributed by atoms with Crippen molar-refractivity contribution in [1.82, 2.24) is 10.7 Å². The predicted octanol–water partition coefficient (Wildman–Crippen LogP) is 3.09. The third-order valence-electron chi connectivity index (χ3n) is 4.35. The lowest BCUT2D eigenvalue weighted by molar-refractivity contribution is -0.139. The van der Waals surface area contributed by atoms with Crippen molar-refractivity contribution in [2.75, 3.05) is 11.9 Å². The smallest absolute Gasteiger partial charge is 0.418 e. The third-order valence-corrected chi connectivity index (χ3v) is 4.35. The fraction of sp³-hybridized carbons (Fsp3) is 0.273. The van der Waals surface area contributed by atoms with E-state index in [2.05, 4.69) is 21.2 Å². The molecule has 2 rings (SSSR count). The van der Waals surface area contributed by atoms with Crippen LogP contribution >= 0.6 is 0 Å². The Kier molecular flexibility index (Phi) is 8.96. The summed E-state index contributed by atoms with van der Waals surface area (Å²) in [6.45, 7) is 3.04. The Labute approximate surface area is 188 Å². The minimum Gasteiger partial charge on any atom is -0.483 e. The van der Waals surface area contributed by atoms with Crippen molar-refractivity contribution in [3.8, 4) is 5.75 Å². The van der Waals surface area contributed by atoms with Gasteiger partial charge < -0.3 is 15.4 Å². The second kappa shape index (κ2) is 11.7. The number of alkyl halides is 3. The molecule has 11 heteroatoms. The summed E-state index contributed by atoms with van der Waals surface area (Å²) in [6.07, 6.45) is -2.76. The van der Waals surface area contributed by atoms with E-state index in [1.165, 1.54) is 24.4 Å². The van der Waals surface area contributed by atoms with Crippen LogP contribution in [0.2, 0.25) is 0 Å². The minimum atomic E-state index is -4.62. The van der Waals surface area contributed by atoms with Gasteiger partial charge in [0.25, 0.3) is 5.91 Å². The summed E-state index contributed by atoms with van der Waals surface area (Å²) < 4.78 is 44.6. The highest BCUT2D eigenvalue weighted by atomic mass is 19.4. The molecule has 0 bridgehead atoms. The van der Waals surface area contributed by atoms with Crippen molar-refractivity contribution >= 4 is 29.6 Å². The third kappa shape index (κ3) is 7.95. The maximum Gasteiger partial charge on any atom is 0.418 e. The van der Waals surface area contributed by atoms with Crippen molar-refractivity contribution in [3.05, 3.63) is 59.7 Å². The van der Waals surface area contributed by atoms with E-state index in [-0.39, 0.29) is 17.5 Å². The van der Waals surface area contributed by atoms with E-state index in [4.69, 9.17) is 4.74 Å². The number of hydrogen-bond donors (Lipinski definition) is 3. The summed E-state index contributed by atoms with van der Waals surface area (Å²) >= 11 is 0. The van der Waals surface area contributed by atoms with Gasteiger partial charge in [0.15, 0.2) is 6.61 Å². The summed E-state index contributed by atoms with van der Waals surface area (Å²) in [5, 5.41) is 8.37. The first-order chi connectivity index (χ1) is 15.6. The molecule has 0 saturated carbocycles. The largest absolute Gasteiger partial charge is 0.483 e. The van der Waals surface area contributed by atoms with Gasteiger partial charge in [-0.25, -0.2) is 5.43 Å². The molecule has 0 aromatic heterocycles. The number of anilines is 1. The van der Waals surface area contributed by atoms with Crippen LogP contribution in [0.1, 0.15) is 31.4 Å². The number of benzene rings is 2. The Balaban J connectivity index is 1.97. The molecule has 3 N–H and O–H groups in total. The lowest BCUT2D eigenvalue weighted by Gasteiger charge is -2.14. The van der Waals surface area contributed by atoms with Crippen molar-refractivity contribution < 1.29 is 32.3 Å². The highest BCUT2D eigenvalue weighted by Crippen LogP contribution is 2.34. The van der Waals surface area contributed by atoms with Crippen molar-refractivity contribution in [2.24, 2.45) is 5.10 Å². The first-order valence-corrected chi connectivity index (χ1v) is 9.93. The molecule has 3 amide bonds. The number of hydrazone groups is 1. The first kappa shape index (κ1) is 25.4. The van der Waals surface area contributed by atoms with Crippen LogP contribution in [-0.2, 0) is 20.6 Å². The van der Waals surface area contributed by atoms with E-state index in [0.29, 0.717) is 12.0 Å². The molecule has 176 valence electrons. The van der Waals surface area contributed by atoms with E-state index >= 15 is 0 Å². The van der Waals surface area contributed by atoms with Crippen LogP contribution in [0.25, 0.3) is 0 Å². The van der Waals surface area contributed by atoms with E-state index in [0.717, 1.165) is 12.1 Å². The lowest BCUT2D eigenvalue weighted by atomic mass is 10.1. The Morgan fingerprint density at radius 2 is 1.73 bits per heavy atom. The molecular formula is C22H23F3N4O4. The molecule has 0 spiro atoms. The van der Waals surface area contributed by atoms with E-state index in [9.17, 15) is 27.6 Å². The van der Waals surface area contributed by atoms with E-state index < -0.39 is 36.1 Å². The van der Waals surface area contributed by atoms with E-state index in [1.54, 1.807) is 25.1 Å². The second-order valence-corrected chi connectivity index (χ2v) is 6.90. The monoisotopic (exact) mass is 464 g/mol. The molecule has 1 atom stereocenters. The van der Waals surface area contributed by atoms with Crippen LogP contribution in [0.4, 0.5) is 18.9 Å². The van der Waals surface area contributed by atoms with Gasteiger partial charge >= 0.3 is 18.0 Å². The fourth-order valence-electron chi connectivity index (χ4n) is 2.49. The van der Waals surface area contributed by atoms with Gasteiger partial charge in [-0.05, 0) is 37.6 Å². The van der Waals surface area contributed by atoms with Crippen molar-refractivity contribution in [2.45, 2.75) is 32.5 Å².